The summed E-state index contributed by atoms with van der Waals surface area (Å²) in [6.07, 6.45) is -3.53. The fourth-order valence-corrected chi connectivity index (χ4v) is 6.11. The normalized spacial score (nSPS) is 14.9. The molecule has 224 valence electrons. The van der Waals surface area contributed by atoms with Crippen molar-refractivity contribution in [3.8, 4) is 11.8 Å². The minimum atomic E-state index is -5.02. The summed E-state index contributed by atoms with van der Waals surface area (Å²) in [5.74, 6) is -0.873. The van der Waals surface area contributed by atoms with Gasteiger partial charge < -0.3 is 9.47 Å². The molecule has 0 aliphatic carbocycles. The predicted octanol–water partition coefficient (Wildman–Crippen LogP) is 6.21. The highest BCUT2D eigenvalue weighted by molar-refractivity contribution is 9.10. The van der Waals surface area contributed by atoms with Crippen LogP contribution in [0.1, 0.15) is 35.2 Å². The summed E-state index contributed by atoms with van der Waals surface area (Å²) < 4.78 is 55.9. The quantitative estimate of drug-likeness (QED) is 0.214. The predicted molar refractivity (Wildman–Crippen MR) is 162 cm³/mol. The van der Waals surface area contributed by atoms with Gasteiger partial charge in [-0.3, -0.25) is 9.36 Å². The van der Waals surface area contributed by atoms with Crippen molar-refractivity contribution >= 4 is 50.9 Å². The first-order valence-electron chi connectivity index (χ1n) is 13.0. The van der Waals surface area contributed by atoms with E-state index in [9.17, 15) is 28.0 Å². The second kappa shape index (κ2) is 12.8. The summed E-state index contributed by atoms with van der Waals surface area (Å²) in [6.45, 7) is 1.34. The Kier molecular flexibility index (Phi) is 9.10. The average molecular weight is 703 g/mol. The van der Waals surface area contributed by atoms with Gasteiger partial charge in [-0.15, -0.1) is 0 Å². The molecule has 44 heavy (non-hydrogen) atoms. The van der Waals surface area contributed by atoms with Gasteiger partial charge in [0.1, 0.15) is 12.4 Å². The van der Waals surface area contributed by atoms with Crippen LogP contribution in [0.4, 0.5) is 13.2 Å². The molecule has 0 amide bonds. The standard InChI is InChI=1S/C31H20BrClF3N3O4S/c1-2-42-29(41)25-26(17-7-10-22(33)11-8-17)39-28(40)24(44-30(39)38-27(25)31(34,35)36)14-20-13-21(32)9-12-23(20)43-16-19-6-4-3-5-18(19)15-37/h3-14,26H,2,16H2,1H3/b24-14-/t26-/m1/s1. The van der Waals surface area contributed by atoms with E-state index >= 15 is 0 Å². The fourth-order valence-electron chi connectivity index (χ4n) is 4.62. The number of thiazole rings is 1. The lowest BCUT2D eigenvalue weighted by atomic mass is 9.95. The largest absolute Gasteiger partial charge is 0.488 e. The number of nitriles is 1. The van der Waals surface area contributed by atoms with Crippen LogP contribution in [0.3, 0.4) is 0 Å². The molecule has 4 aromatic rings. The molecule has 5 rings (SSSR count). The first-order chi connectivity index (χ1) is 21.0. The van der Waals surface area contributed by atoms with E-state index in [-0.39, 0.29) is 28.1 Å². The zero-order chi connectivity index (χ0) is 31.6. The molecule has 13 heteroatoms. The molecule has 7 nitrogen and oxygen atoms in total. The Morgan fingerprint density at radius 2 is 1.91 bits per heavy atom. The van der Waals surface area contributed by atoms with Gasteiger partial charge in [0, 0.05) is 20.6 Å². The second-order valence-electron chi connectivity index (χ2n) is 9.35. The van der Waals surface area contributed by atoms with Gasteiger partial charge in [-0.2, -0.15) is 18.4 Å². The van der Waals surface area contributed by atoms with Crippen LogP contribution in [-0.2, 0) is 16.1 Å². The third-order valence-corrected chi connectivity index (χ3v) is 8.29. The van der Waals surface area contributed by atoms with Crippen molar-refractivity contribution in [1.82, 2.24) is 4.57 Å². The van der Waals surface area contributed by atoms with Crippen molar-refractivity contribution < 1.29 is 27.4 Å². The maximum absolute atomic E-state index is 14.4. The highest BCUT2D eigenvalue weighted by atomic mass is 79.9. The van der Waals surface area contributed by atoms with Gasteiger partial charge in [-0.1, -0.05) is 69.2 Å². The average Bonchev–Trinajstić information content (AvgIpc) is 3.30. The number of hydrogen-bond donors (Lipinski definition) is 0. The number of hydrogen-bond acceptors (Lipinski definition) is 7. The minimum Gasteiger partial charge on any atom is -0.488 e. The third-order valence-electron chi connectivity index (χ3n) is 6.56. The van der Waals surface area contributed by atoms with Crippen molar-refractivity contribution in [3.63, 3.8) is 0 Å². The molecule has 0 N–H and O–H groups in total. The van der Waals surface area contributed by atoms with Crippen LogP contribution in [0.5, 0.6) is 5.75 Å². The minimum absolute atomic E-state index is 0.0507. The van der Waals surface area contributed by atoms with Crippen LogP contribution in [0.25, 0.3) is 6.08 Å². The zero-order valence-corrected chi connectivity index (χ0v) is 25.9. The van der Waals surface area contributed by atoms with E-state index < -0.39 is 35.0 Å². The number of aromatic nitrogens is 1. The van der Waals surface area contributed by atoms with Crippen LogP contribution in [0, 0.1) is 11.3 Å². The van der Waals surface area contributed by atoms with Gasteiger partial charge in [0.05, 0.1) is 34.4 Å². The number of carbonyl (C=O) groups excluding carboxylic acids is 1. The summed E-state index contributed by atoms with van der Waals surface area (Å²) >= 11 is 10.2. The molecule has 0 bridgehead atoms. The zero-order valence-electron chi connectivity index (χ0n) is 22.7. The highest BCUT2D eigenvalue weighted by Crippen LogP contribution is 2.38. The van der Waals surface area contributed by atoms with Crippen molar-refractivity contribution in [2.75, 3.05) is 6.61 Å². The van der Waals surface area contributed by atoms with E-state index in [1.54, 1.807) is 42.5 Å². The SMILES string of the molecule is CCOC(=O)C1=C(C(F)(F)F)N=c2s/c(=C\c3cc(Br)ccc3OCc3ccccc3C#N)c(=O)n2[C@@H]1c1ccc(Cl)cc1. The van der Waals surface area contributed by atoms with Gasteiger partial charge in [0.2, 0.25) is 0 Å². The smallest absolute Gasteiger partial charge is 0.434 e. The van der Waals surface area contributed by atoms with Crippen LogP contribution in [0.15, 0.2) is 92.3 Å². The monoisotopic (exact) mass is 701 g/mol. The van der Waals surface area contributed by atoms with E-state index in [2.05, 4.69) is 27.0 Å². The molecule has 1 aromatic heterocycles. The van der Waals surface area contributed by atoms with Gasteiger partial charge in [0.25, 0.3) is 5.56 Å². The van der Waals surface area contributed by atoms with E-state index in [0.29, 0.717) is 31.9 Å². The van der Waals surface area contributed by atoms with E-state index in [0.717, 1.165) is 15.9 Å². The highest BCUT2D eigenvalue weighted by Gasteiger charge is 2.45. The number of fused-ring (bicyclic) bond motifs is 1. The Hall–Kier alpha value is -4.18. The van der Waals surface area contributed by atoms with Crippen molar-refractivity contribution in [3.05, 3.63) is 129 Å². The number of carbonyl (C=O) groups is 1. The third kappa shape index (κ3) is 6.36. The lowest BCUT2D eigenvalue weighted by Gasteiger charge is -2.26. The molecule has 2 heterocycles. The van der Waals surface area contributed by atoms with Gasteiger partial charge in [-0.25, -0.2) is 9.79 Å². The second-order valence-corrected chi connectivity index (χ2v) is 11.7. The molecule has 0 unspecified atom stereocenters. The Labute approximate surface area is 265 Å². The molecular weight excluding hydrogens is 683 g/mol. The number of rotatable bonds is 7. The first kappa shape index (κ1) is 31.3. The van der Waals surface area contributed by atoms with E-state index in [4.69, 9.17) is 21.1 Å². The number of ether oxygens (including phenoxy) is 2. The Morgan fingerprint density at radius 3 is 2.59 bits per heavy atom. The van der Waals surface area contributed by atoms with Gasteiger partial charge >= 0.3 is 12.1 Å². The van der Waals surface area contributed by atoms with Crippen molar-refractivity contribution in [2.24, 2.45) is 4.99 Å². The number of halogens is 5. The molecule has 1 aliphatic heterocycles. The maximum atomic E-state index is 14.4. The lowest BCUT2D eigenvalue weighted by Crippen LogP contribution is -2.41. The van der Waals surface area contributed by atoms with Gasteiger partial charge in [-0.05, 0) is 55.0 Å². The molecule has 3 aromatic carbocycles. The van der Waals surface area contributed by atoms with Crippen LogP contribution < -0.4 is 19.6 Å². The van der Waals surface area contributed by atoms with Crippen molar-refractivity contribution in [1.29, 1.82) is 5.26 Å². The molecule has 0 radical (unpaired) electrons. The fraction of sp³-hybridized carbons (Fsp3) is 0.161. The van der Waals surface area contributed by atoms with Crippen LogP contribution in [-0.4, -0.2) is 23.3 Å². The Bertz CT molecular complexity index is 2010. The number of allylic oxidation sites excluding steroid dienone is 1. The van der Waals surface area contributed by atoms with E-state index in [1.165, 1.54) is 37.3 Å². The van der Waals surface area contributed by atoms with Crippen LogP contribution in [0.2, 0.25) is 5.02 Å². The first-order valence-corrected chi connectivity index (χ1v) is 15.0. The summed E-state index contributed by atoms with van der Waals surface area (Å²) in [7, 11) is 0. The Morgan fingerprint density at radius 1 is 1.18 bits per heavy atom. The number of alkyl halides is 3. The van der Waals surface area contributed by atoms with Gasteiger partial charge in [0.15, 0.2) is 10.5 Å². The lowest BCUT2D eigenvalue weighted by molar-refractivity contribution is -0.140. The Balaban J connectivity index is 1.69. The maximum Gasteiger partial charge on any atom is 0.434 e. The molecule has 0 fully saturated rings. The summed E-state index contributed by atoms with van der Waals surface area (Å²) in [4.78, 5) is 30.5. The molecule has 1 atom stereocenters. The topological polar surface area (TPSA) is 93.7 Å². The van der Waals surface area contributed by atoms with Crippen molar-refractivity contribution in [2.45, 2.75) is 25.7 Å². The molecule has 0 saturated carbocycles. The number of benzene rings is 3. The van der Waals surface area contributed by atoms with E-state index in [1.807, 2.05) is 0 Å². The molecule has 1 aliphatic rings. The summed E-state index contributed by atoms with van der Waals surface area (Å²) in [5.41, 5.74) is -1.16. The molecular formula is C31H20BrClF3N3O4S. The summed E-state index contributed by atoms with van der Waals surface area (Å²) in [5, 5.41) is 9.73. The summed E-state index contributed by atoms with van der Waals surface area (Å²) in [6, 6.07) is 18.5. The number of nitrogens with zero attached hydrogens (tertiary/aromatic N) is 3. The molecule has 0 saturated heterocycles. The molecule has 0 spiro atoms. The van der Waals surface area contributed by atoms with Crippen LogP contribution >= 0.6 is 38.9 Å². The number of esters is 1.